The molecule has 0 N–H and O–H groups in total. The third kappa shape index (κ3) is 5.09. The molecule has 7 heteroatoms. The van der Waals surface area contributed by atoms with Gasteiger partial charge in [0, 0.05) is 24.9 Å². The molecule has 0 aliphatic heterocycles. The summed E-state index contributed by atoms with van der Waals surface area (Å²) in [7, 11) is 1.67. The van der Waals surface area contributed by atoms with Crippen molar-refractivity contribution < 1.29 is 9.47 Å². The Balaban J connectivity index is 1.99. The molecule has 3 aromatic rings. The maximum absolute atomic E-state index is 5.76. The molecule has 0 saturated heterocycles. The van der Waals surface area contributed by atoms with Gasteiger partial charge >= 0.3 is 0 Å². The highest BCUT2D eigenvalue weighted by Crippen LogP contribution is 2.22. The maximum Gasteiger partial charge on any atom is 0.190 e. The van der Waals surface area contributed by atoms with Crippen LogP contribution in [0.15, 0.2) is 53.2 Å². The molecule has 0 aliphatic rings. The lowest BCUT2D eigenvalue weighted by Gasteiger charge is -2.17. The van der Waals surface area contributed by atoms with Crippen molar-refractivity contribution in [2.45, 2.75) is 19.9 Å². The molecule has 1 unspecified atom stereocenters. The third-order valence-electron chi connectivity index (χ3n) is 4.03. The molecule has 0 amide bonds. The highest BCUT2D eigenvalue weighted by atomic mass is 32.1. The van der Waals surface area contributed by atoms with Crippen LogP contribution in [0.4, 0.5) is 5.69 Å². The van der Waals surface area contributed by atoms with E-state index in [4.69, 9.17) is 14.5 Å². The van der Waals surface area contributed by atoms with Gasteiger partial charge in [0.2, 0.25) is 0 Å². The van der Waals surface area contributed by atoms with Crippen LogP contribution in [-0.2, 0) is 9.47 Å². The zero-order valence-electron chi connectivity index (χ0n) is 15.8. The maximum atomic E-state index is 5.76. The van der Waals surface area contributed by atoms with Gasteiger partial charge in [-0.3, -0.25) is 9.97 Å². The Hall–Kier alpha value is -2.35. The van der Waals surface area contributed by atoms with E-state index in [9.17, 15) is 0 Å². The van der Waals surface area contributed by atoms with Crippen molar-refractivity contribution in [3.63, 3.8) is 0 Å². The number of methoxy groups -OCH3 is 1. The molecule has 1 atom stereocenters. The Morgan fingerprint density at radius 1 is 1.26 bits per heavy atom. The molecule has 6 nitrogen and oxygen atoms in total. The molecule has 0 saturated carbocycles. The molecule has 0 spiro atoms. The number of benzene rings is 1. The molecule has 27 heavy (non-hydrogen) atoms. The standard InChI is InChI=1S/C20H24N4O2S/c1-15-5-4-6-17(11-15)23-20-24(16(2)13-26-10-9-25-3)19(14-27-20)18-12-21-7-8-22-18/h4-8,11-12,14,16H,9-10,13H2,1-3H3. The summed E-state index contributed by atoms with van der Waals surface area (Å²) in [6.07, 6.45) is 5.15. The van der Waals surface area contributed by atoms with Crippen LogP contribution in [0.25, 0.3) is 11.4 Å². The molecule has 2 heterocycles. The van der Waals surface area contributed by atoms with Crippen molar-refractivity contribution in [3.05, 3.63) is 58.6 Å². The summed E-state index contributed by atoms with van der Waals surface area (Å²) in [5.41, 5.74) is 3.93. The first kappa shape index (κ1) is 19.4. The molecular weight excluding hydrogens is 360 g/mol. The van der Waals surface area contributed by atoms with Crippen LogP contribution >= 0.6 is 11.3 Å². The monoisotopic (exact) mass is 384 g/mol. The number of nitrogens with zero attached hydrogens (tertiary/aromatic N) is 4. The van der Waals surface area contributed by atoms with Gasteiger partial charge in [-0.05, 0) is 31.5 Å². The smallest absolute Gasteiger partial charge is 0.190 e. The Morgan fingerprint density at radius 3 is 2.89 bits per heavy atom. The third-order valence-corrected chi connectivity index (χ3v) is 4.87. The lowest BCUT2D eigenvalue weighted by atomic mass is 10.2. The van der Waals surface area contributed by atoms with E-state index in [1.165, 1.54) is 5.56 Å². The van der Waals surface area contributed by atoms with Crippen LogP contribution in [0.2, 0.25) is 0 Å². The van der Waals surface area contributed by atoms with Gasteiger partial charge in [0.15, 0.2) is 4.80 Å². The van der Waals surface area contributed by atoms with Crippen molar-refractivity contribution in [2.75, 3.05) is 26.9 Å². The molecule has 1 aromatic carbocycles. The second-order valence-electron chi connectivity index (χ2n) is 6.23. The van der Waals surface area contributed by atoms with E-state index in [-0.39, 0.29) is 6.04 Å². The lowest BCUT2D eigenvalue weighted by Crippen LogP contribution is -2.24. The summed E-state index contributed by atoms with van der Waals surface area (Å²) in [4.78, 5) is 14.4. The van der Waals surface area contributed by atoms with Gasteiger partial charge in [0.25, 0.3) is 0 Å². The van der Waals surface area contributed by atoms with Gasteiger partial charge < -0.3 is 14.0 Å². The van der Waals surface area contributed by atoms with E-state index in [0.29, 0.717) is 19.8 Å². The number of ether oxygens (including phenoxy) is 2. The molecule has 0 fully saturated rings. The summed E-state index contributed by atoms with van der Waals surface area (Å²) >= 11 is 1.59. The van der Waals surface area contributed by atoms with E-state index in [0.717, 1.165) is 21.9 Å². The Kier molecular flexibility index (Phi) is 6.86. The first-order valence-corrected chi connectivity index (χ1v) is 9.71. The molecule has 0 bridgehead atoms. The Morgan fingerprint density at radius 2 is 2.15 bits per heavy atom. The van der Waals surface area contributed by atoms with Crippen LogP contribution < -0.4 is 4.80 Å². The van der Waals surface area contributed by atoms with Crippen LogP contribution in [0.5, 0.6) is 0 Å². The minimum Gasteiger partial charge on any atom is -0.382 e. The fraction of sp³-hybridized carbons (Fsp3) is 0.350. The molecule has 142 valence electrons. The number of hydrogen-bond donors (Lipinski definition) is 0. The predicted molar refractivity (Wildman–Crippen MR) is 107 cm³/mol. The molecular formula is C20H24N4O2S. The summed E-state index contributed by atoms with van der Waals surface area (Å²) in [5.74, 6) is 0. The van der Waals surface area contributed by atoms with Crippen molar-refractivity contribution in [3.8, 4) is 11.4 Å². The van der Waals surface area contributed by atoms with E-state index in [2.05, 4.69) is 45.9 Å². The SMILES string of the molecule is COCCOCC(C)n1c(-c2cnccn2)csc1=Nc1cccc(C)c1. The number of rotatable bonds is 8. The van der Waals surface area contributed by atoms with Crippen LogP contribution in [0.3, 0.4) is 0 Å². The number of aryl methyl sites for hydroxylation is 1. The fourth-order valence-electron chi connectivity index (χ4n) is 2.73. The zero-order chi connectivity index (χ0) is 19.1. The van der Waals surface area contributed by atoms with E-state index < -0.39 is 0 Å². The van der Waals surface area contributed by atoms with Crippen LogP contribution in [0, 0.1) is 6.92 Å². The summed E-state index contributed by atoms with van der Waals surface area (Å²) in [6, 6.07) is 8.27. The van der Waals surface area contributed by atoms with Gasteiger partial charge in [-0.2, -0.15) is 0 Å². The quantitative estimate of drug-likeness (QED) is 0.555. The lowest BCUT2D eigenvalue weighted by molar-refractivity contribution is 0.0561. The van der Waals surface area contributed by atoms with Crippen molar-refractivity contribution >= 4 is 17.0 Å². The van der Waals surface area contributed by atoms with Crippen molar-refractivity contribution in [1.29, 1.82) is 0 Å². The second-order valence-corrected chi connectivity index (χ2v) is 7.07. The predicted octanol–water partition coefficient (Wildman–Crippen LogP) is 3.77. The van der Waals surface area contributed by atoms with Crippen molar-refractivity contribution in [1.82, 2.24) is 14.5 Å². The number of aromatic nitrogens is 3. The average Bonchev–Trinajstić information content (AvgIpc) is 3.09. The normalized spacial score (nSPS) is 13.1. The highest BCUT2D eigenvalue weighted by molar-refractivity contribution is 7.07. The number of thiazole rings is 1. The molecule has 0 radical (unpaired) electrons. The molecule has 3 rings (SSSR count). The fourth-order valence-corrected chi connectivity index (χ4v) is 3.73. The van der Waals surface area contributed by atoms with E-state index in [1.807, 2.05) is 12.1 Å². The summed E-state index contributed by atoms with van der Waals surface area (Å²) in [6.45, 7) is 5.90. The van der Waals surface area contributed by atoms with Gasteiger partial charge in [-0.15, -0.1) is 11.3 Å². The van der Waals surface area contributed by atoms with Gasteiger partial charge in [-0.25, -0.2) is 4.99 Å². The van der Waals surface area contributed by atoms with E-state index >= 15 is 0 Å². The zero-order valence-corrected chi connectivity index (χ0v) is 16.6. The average molecular weight is 385 g/mol. The Labute approximate surface area is 163 Å². The van der Waals surface area contributed by atoms with Crippen LogP contribution in [-0.4, -0.2) is 41.5 Å². The first-order valence-electron chi connectivity index (χ1n) is 8.83. The van der Waals surface area contributed by atoms with Crippen molar-refractivity contribution in [2.24, 2.45) is 4.99 Å². The molecule has 0 aliphatic carbocycles. The summed E-state index contributed by atoms with van der Waals surface area (Å²) in [5, 5.41) is 2.07. The molecule has 2 aromatic heterocycles. The van der Waals surface area contributed by atoms with Crippen LogP contribution in [0.1, 0.15) is 18.5 Å². The second kappa shape index (κ2) is 9.55. The number of hydrogen-bond acceptors (Lipinski definition) is 6. The topological polar surface area (TPSA) is 61.5 Å². The largest absolute Gasteiger partial charge is 0.382 e. The summed E-state index contributed by atoms with van der Waals surface area (Å²) < 4.78 is 13.0. The van der Waals surface area contributed by atoms with Gasteiger partial charge in [0.1, 0.15) is 5.69 Å². The van der Waals surface area contributed by atoms with Gasteiger partial charge in [-0.1, -0.05) is 12.1 Å². The van der Waals surface area contributed by atoms with E-state index in [1.54, 1.807) is 37.0 Å². The minimum absolute atomic E-state index is 0.0914. The highest BCUT2D eigenvalue weighted by Gasteiger charge is 2.15. The van der Waals surface area contributed by atoms with Gasteiger partial charge in [0.05, 0.1) is 43.4 Å². The first-order chi connectivity index (χ1) is 13.2. The minimum atomic E-state index is 0.0914. The Bertz CT molecular complexity index is 921.